The van der Waals surface area contributed by atoms with Gasteiger partial charge in [-0.3, -0.25) is 4.79 Å². The first kappa shape index (κ1) is 13.3. The van der Waals surface area contributed by atoms with E-state index in [-0.39, 0.29) is 10.7 Å². The molecule has 1 aromatic carbocycles. The normalized spacial score (nSPS) is 10.1. The minimum Gasteiger partial charge on any atom is -0.481 e. The van der Waals surface area contributed by atoms with Crippen LogP contribution in [0.2, 0.25) is 5.02 Å². The number of carbonyl (C=O) groups excluding carboxylic acids is 1. The molecule has 19 heavy (non-hydrogen) atoms. The zero-order valence-corrected chi connectivity index (χ0v) is 10.7. The molecule has 0 bridgehead atoms. The lowest BCUT2D eigenvalue weighted by molar-refractivity contribution is 0.102. The first-order chi connectivity index (χ1) is 9.11. The van der Waals surface area contributed by atoms with Crippen LogP contribution in [0.1, 0.15) is 10.4 Å². The van der Waals surface area contributed by atoms with Crippen LogP contribution in [-0.4, -0.2) is 18.0 Å². The molecule has 1 N–H and O–H groups in total. The van der Waals surface area contributed by atoms with Gasteiger partial charge in [0.15, 0.2) is 5.82 Å². The molecule has 0 radical (unpaired) electrons. The second-order valence-electron chi connectivity index (χ2n) is 3.64. The predicted octanol–water partition coefficient (Wildman–Crippen LogP) is 3.14. The summed E-state index contributed by atoms with van der Waals surface area (Å²) < 4.78 is 18.5. The molecule has 98 valence electrons. The molecular formula is C13H10ClFN2O2. The maximum atomic E-state index is 13.6. The molecule has 0 aliphatic heterocycles. The molecule has 1 heterocycles. The van der Waals surface area contributed by atoms with Gasteiger partial charge in [-0.25, -0.2) is 9.37 Å². The van der Waals surface area contributed by atoms with E-state index in [2.05, 4.69) is 10.3 Å². The predicted molar refractivity (Wildman–Crippen MR) is 70.2 cm³/mol. The number of anilines is 1. The minimum absolute atomic E-state index is 0.0216. The molecule has 2 aromatic rings. The third-order valence-corrected chi connectivity index (χ3v) is 2.70. The summed E-state index contributed by atoms with van der Waals surface area (Å²) in [4.78, 5) is 15.8. The third kappa shape index (κ3) is 3.00. The van der Waals surface area contributed by atoms with Crippen molar-refractivity contribution in [3.8, 4) is 5.88 Å². The molecule has 0 aliphatic carbocycles. The summed E-state index contributed by atoms with van der Waals surface area (Å²) in [6.07, 6.45) is 1.34. The van der Waals surface area contributed by atoms with Gasteiger partial charge in [-0.05, 0) is 18.2 Å². The molecule has 0 fully saturated rings. The number of benzene rings is 1. The Morgan fingerprint density at radius 1 is 1.37 bits per heavy atom. The van der Waals surface area contributed by atoms with E-state index in [1.807, 2.05) is 0 Å². The van der Waals surface area contributed by atoms with Gasteiger partial charge in [0.25, 0.3) is 5.91 Å². The molecule has 0 unspecified atom stereocenters. The second kappa shape index (κ2) is 5.67. The number of pyridine rings is 1. The molecule has 2 rings (SSSR count). The standard InChI is InChI=1S/C13H10ClFN2O2/c1-19-11-6-5-8(7-16-11)13(18)17-10-4-2-3-9(14)12(10)15/h2-7H,1H3,(H,17,18). The number of aromatic nitrogens is 1. The first-order valence-electron chi connectivity index (χ1n) is 5.37. The van der Waals surface area contributed by atoms with Crippen molar-refractivity contribution in [2.75, 3.05) is 12.4 Å². The van der Waals surface area contributed by atoms with Gasteiger partial charge in [-0.15, -0.1) is 0 Å². The van der Waals surface area contributed by atoms with Crippen molar-refractivity contribution in [3.05, 3.63) is 52.9 Å². The summed E-state index contributed by atoms with van der Waals surface area (Å²) >= 11 is 5.63. The number of carbonyl (C=O) groups is 1. The molecular weight excluding hydrogens is 271 g/mol. The van der Waals surface area contributed by atoms with Crippen molar-refractivity contribution in [1.82, 2.24) is 4.98 Å². The third-order valence-electron chi connectivity index (χ3n) is 2.41. The van der Waals surface area contributed by atoms with E-state index < -0.39 is 11.7 Å². The van der Waals surface area contributed by atoms with Crippen molar-refractivity contribution in [3.63, 3.8) is 0 Å². The lowest BCUT2D eigenvalue weighted by Crippen LogP contribution is -2.13. The Morgan fingerprint density at radius 3 is 2.79 bits per heavy atom. The average molecular weight is 281 g/mol. The Bertz CT molecular complexity index is 602. The fourth-order valence-corrected chi connectivity index (χ4v) is 1.60. The van der Waals surface area contributed by atoms with Crippen molar-refractivity contribution in [2.24, 2.45) is 0 Å². The Kier molecular flexibility index (Phi) is 3.97. The van der Waals surface area contributed by atoms with Crippen LogP contribution in [0.25, 0.3) is 0 Å². The summed E-state index contributed by atoms with van der Waals surface area (Å²) in [5.74, 6) is -0.749. The number of hydrogen-bond donors (Lipinski definition) is 1. The van der Waals surface area contributed by atoms with Gasteiger partial charge in [-0.2, -0.15) is 0 Å². The van der Waals surface area contributed by atoms with Crippen molar-refractivity contribution < 1.29 is 13.9 Å². The number of rotatable bonds is 3. The van der Waals surface area contributed by atoms with Crippen LogP contribution in [0.4, 0.5) is 10.1 Å². The van der Waals surface area contributed by atoms with Crippen LogP contribution in [0.5, 0.6) is 5.88 Å². The Morgan fingerprint density at radius 2 is 2.16 bits per heavy atom. The van der Waals surface area contributed by atoms with Crippen molar-refractivity contribution in [1.29, 1.82) is 0 Å². The summed E-state index contributed by atoms with van der Waals surface area (Å²) in [6, 6.07) is 7.46. The van der Waals surface area contributed by atoms with Gasteiger partial charge in [-0.1, -0.05) is 17.7 Å². The van der Waals surface area contributed by atoms with Crippen LogP contribution in [0.3, 0.4) is 0 Å². The molecule has 1 aromatic heterocycles. The molecule has 0 saturated carbocycles. The molecule has 0 saturated heterocycles. The Labute approximate surface area is 114 Å². The average Bonchev–Trinajstić information content (AvgIpc) is 2.44. The zero-order valence-electron chi connectivity index (χ0n) is 9.98. The van der Waals surface area contributed by atoms with Crippen LogP contribution < -0.4 is 10.1 Å². The van der Waals surface area contributed by atoms with E-state index in [1.54, 1.807) is 12.1 Å². The number of ether oxygens (including phenoxy) is 1. The Hall–Kier alpha value is -2.14. The highest BCUT2D eigenvalue weighted by molar-refractivity contribution is 6.31. The monoisotopic (exact) mass is 280 g/mol. The smallest absolute Gasteiger partial charge is 0.257 e. The highest BCUT2D eigenvalue weighted by atomic mass is 35.5. The van der Waals surface area contributed by atoms with E-state index in [9.17, 15) is 9.18 Å². The van der Waals surface area contributed by atoms with E-state index in [4.69, 9.17) is 16.3 Å². The molecule has 4 nitrogen and oxygen atoms in total. The number of nitrogens with zero attached hydrogens (tertiary/aromatic N) is 1. The van der Waals surface area contributed by atoms with Crippen molar-refractivity contribution in [2.45, 2.75) is 0 Å². The van der Waals surface area contributed by atoms with Crippen LogP contribution in [0.15, 0.2) is 36.5 Å². The summed E-state index contributed by atoms with van der Waals surface area (Å²) in [5.41, 5.74) is 0.313. The van der Waals surface area contributed by atoms with E-state index in [1.165, 1.54) is 31.5 Å². The van der Waals surface area contributed by atoms with E-state index >= 15 is 0 Å². The van der Waals surface area contributed by atoms with Gasteiger partial charge in [0, 0.05) is 12.3 Å². The van der Waals surface area contributed by atoms with Crippen LogP contribution in [0, 0.1) is 5.82 Å². The molecule has 0 atom stereocenters. The maximum Gasteiger partial charge on any atom is 0.257 e. The molecule has 0 spiro atoms. The maximum absolute atomic E-state index is 13.6. The quantitative estimate of drug-likeness (QED) is 0.940. The molecule has 0 aliphatic rings. The fraction of sp³-hybridized carbons (Fsp3) is 0.0769. The largest absolute Gasteiger partial charge is 0.481 e. The van der Waals surface area contributed by atoms with Crippen molar-refractivity contribution >= 4 is 23.2 Å². The zero-order chi connectivity index (χ0) is 13.8. The Balaban J connectivity index is 2.18. The highest BCUT2D eigenvalue weighted by Crippen LogP contribution is 2.22. The van der Waals surface area contributed by atoms with Crippen LogP contribution in [-0.2, 0) is 0 Å². The summed E-state index contributed by atoms with van der Waals surface area (Å²) in [7, 11) is 1.48. The lowest BCUT2D eigenvalue weighted by atomic mass is 10.2. The van der Waals surface area contributed by atoms with E-state index in [0.717, 1.165) is 0 Å². The number of amides is 1. The molecule has 6 heteroatoms. The summed E-state index contributed by atoms with van der Waals surface area (Å²) in [6.45, 7) is 0. The fourth-order valence-electron chi connectivity index (χ4n) is 1.43. The first-order valence-corrected chi connectivity index (χ1v) is 5.75. The number of hydrogen-bond acceptors (Lipinski definition) is 3. The second-order valence-corrected chi connectivity index (χ2v) is 4.05. The summed E-state index contributed by atoms with van der Waals surface area (Å²) in [5, 5.41) is 2.38. The SMILES string of the molecule is COc1ccc(C(=O)Nc2cccc(Cl)c2F)cn1. The van der Waals surface area contributed by atoms with E-state index in [0.29, 0.717) is 11.4 Å². The van der Waals surface area contributed by atoms with Crippen LogP contribution >= 0.6 is 11.6 Å². The van der Waals surface area contributed by atoms with Gasteiger partial charge in [0.05, 0.1) is 23.4 Å². The van der Waals surface area contributed by atoms with Gasteiger partial charge < -0.3 is 10.1 Å². The number of nitrogens with one attached hydrogen (secondary N) is 1. The van der Waals surface area contributed by atoms with Gasteiger partial charge in [0.2, 0.25) is 5.88 Å². The topological polar surface area (TPSA) is 51.2 Å². The number of methoxy groups -OCH3 is 1. The lowest BCUT2D eigenvalue weighted by Gasteiger charge is -2.07. The highest BCUT2D eigenvalue weighted by Gasteiger charge is 2.11. The molecule has 1 amide bonds. The van der Waals surface area contributed by atoms with Gasteiger partial charge >= 0.3 is 0 Å². The number of halogens is 2. The van der Waals surface area contributed by atoms with Gasteiger partial charge in [0.1, 0.15) is 0 Å². The minimum atomic E-state index is -0.668.